The molecule has 29 heavy (non-hydrogen) atoms. The van der Waals surface area contributed by atoms with Crippen molar-refractivity contribution in [2.45, 2.75) is 32.2 Å². The molecular weight excluding hydrogens is 385 g/mol. The van der Waals surface area contributed by atoms with Crippen molar-refractivity contribution in [2.75, 3.05) is 18.9 Å². The number of benzene rings is 2. The van der Waals surface area contributed by atoms with Crippen LogP contribution < -0.4 is 4.74 Å². The average molecular weight is 411 g/mol. The van der Waals surface area contributed by atoms with E-state index in [9.17, 15) is 14.4 Å². The van der Waals surface area contributed by atoms with Crippen molar-refractivity contribution in [1.29, 1.82) is 0 Å². The van der Waals surface area contributed by atoms with Crippen LogP contribution in [0.1, 0.15) is 42.6 Å². The van der Waals surface area contributed by atoms with Crippen LogP contribution in [0.3, 0.4) is 0 Å². The maximum atomic E-state index is 12.4. The molecule has 1 aliphatic heterocycles. The van der Waals surface area contributed by atoms with Gasteiger partial charge >= 0.3 is 5.97 Å². The summed E-state index contributed by atoms with van der Waals surface area (Å²) in [5, 5.41) is 0. The fraction of sp³-hybridized carbons (Fsp3) is 0.348. The van der Waals surface area contributed by atoms with Crippen LogP contribution in [0.5, 0.6) is 5.75 Å². The first-order valence-corrected chi connectivity index (χ1v) is 11.2. The molecule has 0 bridgehead atoms. The highest BCUT2D eigenvalue weighted by atomic mass is 31.1. The summed E-state index contributed by atoms with van der Waals surface area (Å²) in [5.41, 5.74) is 0.943. The number of likely N-dealkylation sites (tertiary alicyclic amines) is 1. The number of ketones is 1. The molecule has 2 aromatic rings. The first-order valence-electron chi connectivity index (χ1n) is 9.78. The molecule has 0 radical (unpaired) electrons. The van der Waals surface area contributed by atoms with Gasteiger partial charge < -0.3 is 9.64 Å². The molecule has 0 aromatic heterocycles. The number of carbonyl (C=O) groups excluding carboxylic acids is 3. The Kier molecular flexibility index (Phi) is 6.81. The van der Waals surface area contributed by atoms with Gasteiger partial charge in [0.1, 0.15) is 5.75 Å². The van der Waals surface area contributed by atoms with E-state index in [-0.39, 0.29) is 23.2 Å². The molecule has 3 rings (SSSR count). The van der Waals surface area contributed by atoms with Crippen molar-refractivity contribution in [3.8, 4) is 5.75 Å². The summed E-state index contributed by atoms with van der Waals surface area (Å²) < 4.78 is 5.39. The summed E-state index contributed by atoms with van der Waals surface area (Å²) in [4.78, 5) is 38.4. The lowest BCUT2D eigenvalue weighted by molar-refractivity contribution is -0.132. The van der Waals surface area contributed by atoms with E-state index in [0.717, 1.165) is 19.1 Å². The lowest BCUT2D eigenvalue weighted by atomic mass is 10.0. The zero-order valence-electron chi connectivity index (χ0n) is 16.8. The molecule has 1 unspecified atom stereocenters. The zero-order valence-corrected chi connectivity index (χ0v) is 17.8. The minimum Gasteiger partial charge on any atom is -0.426 e. The standard InChI is InChI=1S/C23H26NO4P/c1-23(2,24-14-6-9-20(24)25)16-29-15-21(26)28-19-12-10-18(11-13-19)22(27)17-7-4-3-5-8-17/h3-5,7-8,10-13,29H,6,9,14-16H2,1-2H3. The van der Waals surface area contributed by atoms with Crippen LogP contribution in [0, 0.1) is 0 Å². The fourth-order valence-electron chi connectivity index (χ4n) is 3.45. The fourth-order valence-corrected chi connectivity index (χ4v) is 4.66. The Balaban J connectivity index is 1.48. The third kappa shape index (κ3) is 5.51. The van der Waals surface area contributed by atoms with Crippen LogP contribution in [0.2, 0.25) is 0 Å². The second-order valence-electron chi connectivity index (χ2n) is 7.76. The molecule has 152 valence electrons. The molecule has 1 fully saturated rings. The zero-order chi connectivity index (χ0) is 20.9. The molecule has 0 aliphatic carbocycles. The smallest absolute Gasteiger partial charge is 0.315 e. The maximum Gasteiger partial charge on any atom is 0.315 e. The van der Waals surface area contributed by atoms with E-state index in [1.54, 1.807) is 36.4 Å². The summed E-state index contributed by atoms with van der Waals surface area (Å²) in [6, 6.07) is 15.7. The summed E-state index contributed by atoms with van der Waals surface area (Å²) in [6.45, 7) is 4.91. The summed E-state index contributed by atoms with van der Waals surface area (Å²) >= 11 is 0. The van der Waals surface area contributed by atoms with Gasteiger partial charge in [0.2, 0.25) is 5.91 Å². The quantitative estimate of drug-likeness (QED) is 0.286. The Hall–Kier alpha value is -2.52. The predicted octanol–water partition coefficient (Wildman–Crippen LogP) is 3.90. The summed E-state index contributed by atoms with van der Waals surface area (Å²) in [7, 11) is 0.384. The highest BCUT2D eigenvalue weighted by molar-refractivity contribution is 7.39. The van der Waals surface area contributed by atoms with Crippen LogP contribution in [-0.4, -0.2) is 47.0 Å². The SMILES string of the molecule is CC(C)(CPCC(=O)Oc1ccc(C(=O)c2ccccc2)cc1)N1CCCC1=O. The Morgan fingerprint density at radius 3 is 2.31 bits per heavy atom. The van der Waals surface area contributed by atoms with Gasteiger partial charge in [0.25, 0.3) is 0 Å². The second kappa shape index (κ2) is 9.32. The summed E-state index contributed by atoms with van der Waals surface area (Å²) in [6.07, 6.45) is 2.63. The van der Waals surface area contributed by atoms with E-state index in [2.05, 4.69) is 13.8 Å². The molecule has 6 heteroatoms. The Bertz CT molecular complexity index is 878. The third-order valence-corrected chi connectivity index (χ3v) is 6.67. The second-order valence-corrected chi connectivity index (χ2v) is 8.97. The van der Waals surface area contributed by atoms with Gasteiger partial charge in [0.05, 0.1) is 6.16 Å². The maximum absolute atomic E-state index is 12.4. The van der Waals surface area contributed by atoms with Crippen LogP contribution in [0.25, 0.3) is 0 Å². The molecular formula is C23H26NO4P. The molecule has 0 N–H and O–H groups in total. The minimum atomic E-state index is -0.297. The van der Waals surface area contributed by atoms with E-state index in [0.29, 0.717) is 38.0 Å². The highest BCUT2D eigenvalue weighted by Crippen LogP contribution is 2.28. The van der Waals surface area contributed by atoms with Crippen LogP contribution in [0.15, 0.2) is 54.6 Å². The van der Waals surface area contributed by atoms with Gasteiger partial charge in [-0.25, -0.2) is 0 Å². The molecule has 1 heterocycles. The van der Waals surface area contributed by atoms with Crippen molar-refractivity contribution >= 4 is 26.2 Å². The first kappa shape index (κ1) is 21.2. The third-order valence-electron chi connectivity index (χ3n) is 5.02. The van der Waals surface area contributed by atoms with E-state index in [1.807, 2.05) is 23.1 Å². The molecule has 1 saturated heterocycles. The van der Waals surface area contributed by atoms with E-state index in [1.165, 1.54) is 0 Å². The van der Waals surface area contributed by atoms with Crippen molar-refractivity contribution in [2.24, 2.45) is 0 Å². The van der Waals surface area contributed by atoms with E-state index >= 15 is 0 Å². The number of esters is 1. The number of nitrogens with zero attached hydrogens (tertiary/aromatic N) is 1. The molecule has 2 aromatic carbocycles. The average Bonchev–Trinajstić information content (AvgIpc) is 3.15. The van der Waals surface area contributed by atoms with Gasteiger partial charge in [-0.3, -0.25) is 14.4 Å². The number of amides is 1. The van der Waals surface area contributed by atoms with E-state index in [4.69, 9.17) is 4.74 Å². The Labute approximate surface area is 173 Å². The van der Waals surface area contributed by atoms with Gasteiger partial charge in [-0.05, 0) is 50.7 Å². The number of ether oxygens (including phenoxy) is 1. The van der Waals surface area contributed by atoms with Crippen molar-refractivity contribution in [3.63, 3.8) is 0 Å². The Morgan fingerprint density at radius 1 is 1.03 bits per heavy atom. The van der Waals surface area contributed by atoms with Crippen LogP contribution >= 0.6 is 8.58 Å². The van der Waals surface area contributed by atoms with E-state index < -0.39 is 0 Å². The summed E-state index contributed by atoms with van der Waals surface area (Å²) in [5.74, 6) is 0.267. The highest BCUT2D eigenvalue weighted by Gasteiger charge is 2.33. The molecule has 1 aliphatic rings. The monoisotopic (exact) mass is 411 g/mol. The van der Waals surface area contributed by atoms with Crippen molar-refractivity contribution < 1.29 is 19.1 Å². The van der Waals surface area contributed by atoms with Gasteiger partial charge in [-0.1, -0.05) is 30.3 Å². The molecule has 1 atom stereocenters. The number of carbonyl (C=O) groups is 3. The van der Waals surface area contributed by atoms with Crippen LogP contribution in [-0.2, 0) is 9.59 Å². The van der Waals surface area contributed by atoms with Gasteiger partial charge in [0, 0.05) is 29.6 Å². The molecule has 0 saturated carbocycles. The topological polar surface area (TPSA) is 63.7 Å². The lowest BCUT2D eigenvalue weighted by Gasteiger charge is -2.35. The van der Waals surface area contributed by atoms with Gasteiger partial charge in [-0.15, -0.1) is 8.58 Å². The normalized spacial score (nSPS) is 14.6. The number of rotatable bonds is 8. The van der Waals surface area contributed by atoms with Gasteiger partial charge in [-0.2, -0.15) is 0 Å². The number of hydrogen-bond acceptors (Lipinski definition) is 4. The van der Waals surface area contributed by atoms with Crippen molar-refractivity contribution in [1.82, 2.24) is 4.90 Å². The molecule has 1 amide bonds. The molecule has 5 nitrogen and oxygen atoms in total. The molecule has 0 spiro atoms. The number of hydrogen-bond donors (Lipinski definition) is 0. The van der Waals surface area contributed by atoms with Gasteiger partial charge in [0.15, 0.2) is 5.78 Å². The van der Waals surface area contributed by atoms with Crippen molar-refractivity contribution in [3.05, 3.63) is 65.7 Å². The predicted molar refractivity (Wildman–Crippen MR) is 115 cm³/mol. The minimum absolute atomic E-state index is 0.0661. The Morgan fingerprint density at radius 2 is 1.69 bits per heavy atom. The van der Waals surface area contributed by atoms with Crippen LogP contribution in [0.4, 0.5) is 0 Å². The lowest BCUT2D eigenvalue weighted by Crippen LogP contribution is -2.46. The first-order chi connectivity index (χ1) is 13.9. The largest absolute Gasteiger partial charge is 0.426 e.